The number of fused-ring (bicyclic) bond motifs is 2. The van der Waals surface area contributed by atoms with Crippen molar-refractivity contribution in [1.82, 2.24) is 0 Å². The zero-order valence-corrected chi connectivity index (χ0v) is 16.5. The third kappa shape index (κ3) is 3.52. The summed E-state index contributed by atoms with van der Waals surface area (Å²) in [7, 11) is 0. The van der Waals surface area contributed by atoms with E-state index in [2.05, 4.69) is 24.9 Å². The Balaban J connectivity index is 1.33. The fourth-order valence-corrected chi connectivity index (χ4v) is 6.24. The number of hydrogen-bond acceptors (Lipinski definition) is 2. The molecule has 3 nitrogen and oxygen atoms in total. The molecular weight excluding hydrogens is 322 g/mol. The molecule has 1 heterocycles. The average molecular weight is 359 g/mol. The van der Waals surface area contributed by atoms with Crippen LogP contribution in [0.25, 0.3) is 0 Å². The van der Waals surface area contributed by atoms with Gasteiger partial charge in [-0.15, -0.1) is 0 Å². The third-order valence-corrected chi connectivity index (χ3v) is 7.80. The monoisotopic (exact) mass is 358 g/mol. The zero-order valence-electron chi connectivity index (χ0n) is 16.5. The van der Waals surface area contributed by atoms with Crippen LogP contribution in [0.15, 0.2) is 23.8 Å². The third-order valence-electron chi connectivity index (χ3n) is 7.80. The van der Waals surface area contributed by atoms with Gasteiger partial charge in [-0.25, -0.2) is 0 Å². The van der Waals surface area contributed by atoms with Crippen LogP contribution in [0.4, 0.5) is 0 Å². The van der Waals surface area contributed by atoms with Crippen molar-refractivity contribution in [2.24, 2.45) is 23.2 Å². The minimum Gasteiger partial charge on any atom is -0.462 e. The Hall–Kier alpha value is -1.09. The van der Waals surface area contributed by atoms with E-state index >= 15 is 0 Å². The molecule has 1 saturated heterocycles. The number of quaternary nitrogens is 1. The van der Waals surface area contributed by atoms with Gasteiger partial charge in [0.1, 0.15) is 12.0 Å². The number of nitrogens with two attached hydrogens (primary N) is 1. The van der Waals surface area contributed by atoms with Gasteiger partial charge in [-0.05, 0) is 69.1 Å². The molecule has 0 radical (unpaired) electrons. The fraction of sp³-hybridized carbons (Fsp3) is 0.783. The summed E-state index contributed by atoms with van der Waals surface area (Å²) in [5, 5.41) is 2.37. The largest absolute Gasteiger partial charge is 0.462 e. The average Bonchev–Trinajstić information content (AvgIpc) is 2.92. The van der Waals surface area contributed by atoms with E-state index < -0.39 is 0 Å². The number of ether oxygens (including phenoxy) is 1. The van der Waals surface area contributed by atoms with Crippen molar-refractivity contribution in [3.8, 4) is 0 Å². The first-order chi connectivity index (χ1) is 12.6. The van der Waals surface area contributed by atoms with Crippen LogP contribution in [0.2, 0.25) is 0 Å². The van der Waals surface area contributed by atoms with E-state index in [0.717, 1.165) is 25.9 Å². The highest BCUT2D eigenvalue weighted by Crippen LogP contribution is 2.56. The lowest BCUT2D eigenvalue weighted by atomic mass is 9.55. The van der Waals surface area contributed by atoms with Crippen LogP contribution in [-0.2, 0) is 9.53 Å². The highest BCUT2D eigenvalue weighted by atomic mass is 16.6. The quantitative estimate of drug-likeness (QED) is 0.462. The molecule has 0 unspecified atom stereocenters. The molecule has 2 N–H and O–H groups in total. The number of carbonyl (C=O) groups excluding carboxylic acids is 1. The highest BCUT2D eigenvalue weighted by Gasteiger charge is 2.55. The van der Waals surface area contributed by atoms with E-state index in [-0.39, 0.29) is 18.0 Å². The van der Waals surface area contributed by atoms with Crippen molar-refractivity contribution < 1.29 is 14.8 Å². The van der Waals surface area contributed by atoms with Crippen LogP contribution < -0.4 is 5.32 Å². The van der Waals surface area contributed by atoms with Crippen LogP contribution in [0.5, 0.6) is 0 Å². The topological polar surface area (TPSA) is 42.9 Å². The normalized spacial score (nSPS) is 39.8. The van der Waals surface area contributed by atoms with Gasteiger partial charge in [0.25, 0.3) is 0 Å². The summed E-state index contributed by atoms with van der Waals surface area (Å²) in [6, 6.07) is 0. The van der Waals surface area contributed by atoms with Crippen LogP contribution in [-0.4, -0.2) is 25.2 Å². The summed E-state index contributed by atoms with van der Waals surface area (Å²) in [6.45, 7) is 8.81. The number of carbonyl (C=O) groups is 1. The highest BCUT2D eigenvalue weighted by molar-refractivity contribution is 5.75. The molecule has 0 aromatic carbocycles. The lowest BCUT2D eigenvalue weighted by Crippen LogP contribution is -2.86. The lowest BCUT2D eigenvalue weighted by molar-refractivity contribution is -0.658. The molecular formula is C23H36NO2+. The minimum atomic E-state index is 0.0704. The molecule has 3 heteroatoms. The van der Waals surface area contributed by atoms with E-state index in [1.54, 1.807) is 5.57 Å². The predicted molar refractivity (Wildman–Crippen MR) is 104 cm³/mol. The SMILES string of the molecule is C=C1CCC[C@@]2(C)C[C@H]3OC(=O)[C@@H](C[NH2+]CCC4=CCCCC4)[C@@H]3C[C@@H]12. The molecule has 0 aromatic heterocycles. The van der Waals surface area contributed by atoms with E-state index in [9.17, 15) is 4.79 Å². The van der Waals surface area contributed by atoms with Gasteiger partial charge in [0.15, 0.2) is 0 Å². The molecule has 0 amide bonds. The molecule has 2 saturated carbocycles. The van der Waals surface area contributed by atoms with Crippen molar-refractivity contribution in [2.75, 3.05) is 13.1 Å². The van der Waals surface area contributed by atoms with E-state index in [0.29, 0.717) is 17.3 Å². The van der Waals surface area contributed by atoms with Crippen LogP contribution in [0.3, 0.4) is 0 Å². The summed E-state index contributed by atoms with van der Waals surface area (Å²) in [5.74, 6) is 1.18. The predicted octanol–water partition coefficient (Wildman–Crippen LogP) is 3.75. The maximum absolute atomic E-state index is 12.6. The molecule has 0 aromatic rings. The first-order valence-corrected chi connectivity index (χ1v) is 10.9. The molecule has 3 fully saturated rings. The van der Waals surface area contributed by atoms with Gasteiger partial charge in [-0.2, -0.15) is 0 Å². The number of rotatable bonds is 5. The number of allylic oxidation sites excluding steroid dienone is 2. The smallest absolute Gasteiger partial charge is 0.315 e. The van der Waals surface area contributed by atoms with E-state index in [4.69, 9.17) is 4.74 Å². The Kier molecular flexibility index (Phi) is 5.27. The summed E-state index contributed by atoms with van der Waals surface area (Å²) < 4.78 is 5.87. The van der Waals surface area contributed by atoms with Crippen molar-refractivity contribution >= 4 is 5.97 Å². The second kappa shape index (κ2) is 7.50. The Labute approximate surface area is 158 Å². The standard InChI is InChI=1S/C23H35NO2/c1-16-7-6-11-23(2)14-21-18(13-20(16)23)19(22(25)26-21)15-24-12-10-17-8-4-3-5-9-17/h8,18-21,24H,1,3-7,9-15H2,2H3/p+1/t18-,19-,20-,21+,23-/m0/s1. The molecule has 0 spiro atoms. The molecule has 4 aliphatic rings. The van der Waals surface area contributed by atoms with Crippen molar-refractivity contribution in [3.05, 3.63) is 23.8 Å². The Bertz CT molecular complexity index is 595. The molecule has 5 atom stereocenters. The van der Waals surface area contributed by atoms with E-state index in [1.165, 1.54) is 56.9 Å². The summed E-state index contributed by atoms with van der Waals surface area (Å²) in [4.78, 5) is 12.6. The van der Waals surface area contributed by atoms with Gasteiger partial charge >= 0.3 is 5.97 Å². The van der Waals surface area contributed by atoms with Crippen molar-refractivity contribution in [3.63, 3.8) is 0 Å². The van der Waals surface area contributed by atoms with Gasteiger partial charge in [0.05, 0.1) is 13.1 Å². The Morgan fingerprint density at radius 1 is 1.31 bits per heavy atom. The maximum Gasteiger partial charge on any atom is 0.315 e. The van der Waals surface area contributed by atoms with Crippen molar-refractivity contribution in [1.29, 1.82) is 0 Å². The van der Waals surface area contributed by atoms with E-state index in [1.807, 2.05) is 0 Å². The summed E-state index contributed by atoms with van der Waals surface area (Å²) in [5.41, 5.74) is 3.37. The van der Waals surface area contributed by atoms with Gasteiger partial charge in [0.2, 0.25) is 0 Å². The second-order valence-electron chi connectivity index (χ2n) is 9.58. The maximum atomic E-state index is 12.6. The summed E-state index contributed by atoms with van der Waals surface area (Å²) >= 11 is 0. The first-order valence-electron chi connectivity index (χ1n) is 10.9. The molecule has 3 aliphatic carbocycles. The van der Waals surface area contributed by atoms with Gasteiger partial charge in [-0.1, -0.05) is 30.7 Å². The first kappa shape index (κ1) is 18.3. The molecule has 1 aliphatic heterocycles. The van der Waals surface area contributed by atoms with Gasteiger partial charge in [-0.3, -0.25) is 4.79 Å². The van der Waals surface area contributed by atoms with Crippen molar-refractivity contribution in [2.45, 2.75) is 77.2 Å². The van der Waals surface area contributed by atoms with Gasteiger partial charge in [0, 0.05) is 12.3 Å². The second-order valence-corrected chi connectivity index (χ2v) is 9.58. The summed E-state index contributed by atoms with van der Waals surface area (Å²) in [6.07, 6.45) is 14.9. The lowest BCUT2D eigenvalue weighted by Gasteiger charge is -2.49. The van der Waals surface area contributed by atoms with Crippen LogP contribution in [0.1, 0.15) is 71.1 Å². The Morgan fingerprint density at radius 3 is 3.00 bits per heavy atom. The fourth-order valence-electron chi connectivity index (χ4n) is 6.24. The number of hydrogen-bond donors (Lipinski definition) is 1. The zero-order chi connectivity index (χ0) is 18.1. The molecule has 26 heavy (non-hydrogen) atoms. The van der Waals surface area contributed by atoms with Crippen LogP contribution in [0, 0.1) is 23.2 Å². The number of esters is 1. The van der Waals surface area contributed by atoms with Crippen LogP contribution >= 0.6 is 0 Å². The Morgan fingerprint density at radius 2 is 2.19 bits per heavy atom. The molecule has 4 rings (SSSR count). The van der Waals surface area contributed by atoms with Gasteiger partial charge < -0.3 is 10.1 Å². The molecule has 0 bridgehead atoms. The molecule has 144 valence electrons. The minimum absolute atomic E-state index is 0.0704.